The van der Waals surface area contributed by atoms with E-state index in [1.807, 2.05) is 5.29 Å². The van der Waals surface area contributed by atoms with Gasteiger partial charge < -0.3 is 5.11 Å². The van der Waals surface area contributed by atoms with Crippen LogP contribution in [0.15, 0.2) is 5.29 Å². The number of nitroso groups, excluding NO2 is 1. The lowest BCUT2D eigenvalue weighted by atomic mass is 10.2. The molecule has 1 aromatic carbocycles. The zero-order chi connectivity index (χ0) is 15.6. The zero-order valence-electron chi connectivity index (χ0n) is 9.14. The average Bonchev–Trinajstić information content (AvgIpc) is 2.34. The number of aliphatic carboxylic acids is 1. The third-order valence-electron chi connectivity index (χ3n) is 2.04. The van der Waals surface area contributed by atoms with Crippen LogP contribution in [0.25, 0.3) is 0 Å². The molecule has 0 saturated carbocycles. The molecule has 108 valence electrons. The van der Waals surface area contributed by atoms with Crippen molar-refractivity contribution in [1.29, 1.82) is 0 Å². The molecule has 0 bridgehead atoms. The summed E-state index contributed by atoms with van der Waals surface area (Å²) in [6.07, 6.45) is 0. The summed E-state index contributed by atoms with van der Waals surface area (Å²) in [7, 11) is 0. The van der Waals surface area contributed by atoms with Gasteiger partial charge in [0.15, 0.2) is 11.6 Å². The minimum Gasteiger partial charge on any atom is -0.480 e. The third kappa shape index (κ3) is 2.48. The van der Waals surface area contributed by atoms with E-state index in [0.29, 0.717) is 0 Å². The Labute approximate surface area is 106 Å². The third-order valence-corrected chi connectivity index (χ3v) is 2.04. The van der Waals surface area contributed by atoms with Gasteiger partial charge in [-0.25, -0.2) is 13.8 Å². The van der Waals surface area contributed by atoms with Crippen LogP contribution in [0.2, 0.25) is 0 Å². The standard InChI is InChI=1S/C8H3F4N3O5/c9-3-5(11)8(15(19)20)6(12)4(10)7(3)14(13-18)1-2(16)17/h1H2,(H,16,17). The number of anilines is 1. The predicted octanol–water partition coefficient (Wildman–Crippen LogP) is 1.72. The van der Waals surface area contributed by atoms with Crippen LogP contribution in [0.5, 0.6) is 0 Å². The van der Waals surface area contributed by atoms with Crippen molar-refractivity contribution >= 4 is 17.3 Å². The molecular weight excluding hydrogens is 294 g/mol. The SMILES string of the molecule is O=NN(CC(=O)O)c1c(F)c(F)c([N+](=O)[O-])c(F)c1F. The van der Waals surface area contributed by atoms with Gasteiger partial charge in [-0.05, 0) is 0 Å². The highest BCUT2D eigenvalue weighted by Crippen LogP contribution is 2.34. The van der Waals surface area contributed by atoms with E-state index in [0.717, 1.165) is 0 Å². The second-order valence-electron chi connectivity index (χ2n) is 3.24. The van der Waals surface area contributed by atoms with E-state index in [1.54, 1.807) is 0 Å². The highest BCUT2D eigenvalue weighted by molar-refractivity contribution is 5.74. The molecule has 0 aliphatic heterocycles. The first-order chi connectivity index (χ1) is 9.22. The molecule has 8 nitrogen and oxygen atoms in total. The predicted molar refractivity (Wildman–Crippen MR) is 53.7 cm³/mol. The van der Waals surface area contributed by atoms with Gasteiger partial charge >= 0.3 is 11.7 Å². The van der Waals surface area contributed by atoms with Crippen LogP contribution >= 0.6 is 0 Å². The number of carboxylic acids is 1. The molecule has 0 fully saturated rings. The van der Waals surface area contributed by atoms with Crippen molar-refractivity contribution in [3.05, 3.63) is 38.3 Å². The Morgan fingerprint density at radius 1 is 1.20 bits per heavy atom. The maximum atomic E-state index is 13.4. The van der Waals surface area contributed by atoms with Crippen molar-refractivity contribution in [3.8, 4) is 0 Å². The Bertz CT molecular complexity index is 579. The monoisotopic (exact) mass is 297 g/mol. The second kappa shape index (κ2) is 5.46. The molecule has 12 heteroatoms. The lowest BCUT2D eigenvalue weighted by molar-refractivity contribution is -0.390. The molecule has 0 spiro atoms. The number of nitro groups is 1. The van der Waals surface area contributed by atoms with E-state index in [-0.39, 0.29) is 0 Å². The molecule has 1 N–H and O–H groups in total. The van der Waals surface area contributed by atoms with Crippen molar-refractivity contribution in [3.63, 3.8) is 0 Å². The molecule has 0 heterocycles. The van der Waals surface area contributed by atoms with Gasteiger partial charge in [0.25, 0.3) is 0 Å². The van der Waals surface area contributed by atoms with Gasteiger partial charge in [0, 0.05) is 0 Å². The minimum atomic E-state index is -2.39. The number of nitrogens with zero attached hydrogens (tertiary/aromatic N) is 3. The fourth-order valence-corrected chi connectivity index (χ4v) is 1.27. The number of carbonyl (C=O) groups is 1. The highest BCUT2D eigenvalue weighted by Gasteiger charge is 2.36. The molecule has 0 aliphatic rings. The van der Waals surface area contributed by atoms with Gasteiger partial charge in [-0.3, -0.25) is 14.9 Å². The maximum Gasteiger partial charge on any atom is 0.346 e. The molecule has 0 unspecified atom stereocenters. The zero-order valence-corrected chi connectivity index (χ0v) is 9.14. The smallest absolute Gasteiger partial charge is 0.346 e. The average molecular weight is 297 g/mol. The summed E-state index contributed by atoms with van der Waals surface area (Å²) < 4.78 is 53.4. The molecule has 0 aliphatic carbocycles. The van der Waals surface area contributed by atoms with Crippen LogP contribution in [0.4, 0.5) is 28.9 Å². The number of halogens is 4. The normalized spacial score (nSPS) is 10.2. The summed E-state index contributed by atoms with van der Waals surface area (Å²) in [5, 5.41) is 20.1. The Balaban J connectivity index is 3.61. The highest BCUT2D eigenvalue weighted by atomic mass is 19.2. The van der Waals surface area contributed by atoms with Crippen molar-refractivity contribution in [2.45, 2.75) is 0 Å². The van der Waals surface area contributed by atoms with Gasteiger partial charge in [0.1, 0.15) is 12.2 Å². The number of hydrogen-bond donors (Lipinski definition) is 1. The summed E-state index contributed by atoms with van der Waals surface area (Å²) in [6, 6.07) is 0. The number of rotatable bonds is 5. The summed E-state index contributed by atoms with van der Waals surface area (Å²) in [5.74, 6) is -11.2. The van der Waals surface area contributed by atoms with E-state index in [2.05, 4.69) is 0 Å². The number of benzene rings is 1. The van der Waals surface area contributed by atoms with Crippen LogP contribution < -0.4 is 5.01 Å². The molecule has 0 atom stereocenters. The molecule has 0 saturated heterocycles. The van der Waals surface area contributed by atoms with Gasteiger partial charge in [0.05, 0.1) is 10.2 Å². The maximum absolute atomic E-state index is 13.4. The minimum absolute atomic E-state index is 0.428. The Morgan fingerprint density at radius 3 is 1.95 bits per heavy atom. The van der Waals surface area contributed by atoms with Crippen molar-refractivity contribution in [2.24, 2.45) is 5.29 Å². The largest absolute Gasteiger partial charge is 0.480 e. The fraction of sp³-hybridized carbons (Fsp3) is 0.125. The molecule has 0 radical (unpaired) electrons. The van der Waals surface area contributed by atoms with Crippen molar-refractivity contribution in [2.75, 3.05) is 11.6 Å². The molecule has 20 heavy (non-hydrogen) atoms. The number of carboxylic acid groups (broad SMARTS) is 1. The van der Waals surface area contributed by atoms with Crippen LogP contribution in [-0.4, -0.2) is 22.5 Å². The number of nitro benzene ring substituents is 1. The van der Waals surface area contributed by atoms with Gasteiger partial charge in [0.2, 0.25) is 11.6 Å². The first kappa shape index (κ1) is 15.3. The van der Waals surface area contributed by atoms with E-state index in [4.69, 9.17) is 5.11 Å². The van der Waals surface area contributed by atoms with Crippen LogP contribution in [0.1, 0.15) is 0 Å². The van der Waals surface area contributed by atoms with Gasteiger partial charge in [-0.15, -0.1) is 4.91 Å². The quantitative estimate of drug-likeness (QED) is 0.291. The Morgan fingerprint density at radius 2 is 1.65 bits per heavy atom. The first-order valence-electron chi connectivity index (χ1n) is 4.55. The molecule has 1 rings (SSSR count). The molecular formula is C8H3F4N3O5. The topological polar surface area (TPSA) is 113 Å². The van der Waals surface area contributed by atoms with Crippen molar-refractivity contribution < 1.29 is 32.4 Å². The van der Waals surface area contributed by atoms with Gasteiger partial charge in [-0.1, -0.05) is 0 Å². The summed E-state index contributed by atoms with van der Waals surface area (Å²) in [5.41, 5.74) is -3.88. The van der Waals surface area contributed by atoms with Crippen LogP contribution in [0, 0.1) is 38.3 Å². The Kier molecular flexibility index (Phi) is 4.17. The van der Waals surface area contributed by atoms with Crippen molar-refractivity contribution in [1.82, 2.24) is 0 Å². The lowest BCUT2D eigenvalue weighted by Crippen LogP contribution is -2.26. The van der Waals surface area contributed by atoms with Crippen LogP contribution in [0.3, 0.4) is 0 Å². The molecule has 1 aromatic rings. The fourth-order valence-electron chi connectivity index (χ4n) is 1.27. The van der Waals surface area contributed by atoms with Gasteiger partial charge in [-0.2, -0.15) is 8.78 Å². The van der Waals surface area contributed by atoms with E-state index < -0.39 is 57.1 Å². The summed E-state index contributed by atoms with van der Waals surface area (Å²) in [6.45, 7) is -1.41. The summed E-state index contributed by atoms with van der Waals surface area (Å²) >= 11 is 0. The van der Waals surface area contributed by atoms with E-state index in [1.165, 1.54) is 0 Å². The van der Waals surface area contributed by atoms with E-state index in [9.17, 15) is 37.4 Å². The van der Waals surface area contributed by atoms with E-state index >= 15 is 0 Å². The first-order valence-corrected chi connectivity index (χ1v) is 4.55. The number of hydrogen-bond acceptors (Lipinski definition) is 5. The lowest BCUT2D eigenvalue weighted by Gasteiger charge is -2.15. The molecule has 0 amide bonds. The molecule has 0 aromatic heterocycles. The second-order valence-corrected chi connectivity index (χ2v) is 3.24. The Hall–Kier alpha value is -2.79. The summed E-state index contributed by atoms with van der Waals surface area (Å²) in [4.78, 5) is 29.2. The van der Waals surface area contributed by atoms with Crippen LogP contribution in [-0.2, 0) is 4.79 Å².